The first-order chi connectivity index (χ1) is 13.7. The van der Waals surface area contributed by atoms with E-state index in [1.54, 1.807) is 6.07 Å². The van der Waals surface area contributed by atoms with Gasteiger partial charge in [0.15, 0.2) is 5.82 Å². The second kappa shape index (κ2) is 7.37. The Morgan fingerprint density at radius 3 is 2.59 bits per heavy atom. The van der Waals surface area contributed by atoms with Crippen LogP contribution in [-0.4, -0.2) is 21.1 Å². The Hall–Kier alpha value is -2.55. The number of thiazole rings is 1. The molecule has 1 atom stereocenters. The van der Waals surface area contributed by atoms with Crippen LogP contribution in [0.15, 0.2) is 30.6 Å². The molecule has 3 aromatic rings. The van der Waals surface area contributed by atoms with Crippen LogP contribution in [0.1, 0.15) is 47.9 Å². The van der Waals surface area contributed by atoms with Crippen molar-refractivity contribution in [2.45, 2.75) is 44.7 Å². The summed E-state index contributed by atoms with van der Waals surface area (Å²) in [5, 5.41) is 3.10. The predicted octanol–water partition coefficient (Wildman–Crippen LogP) is 6.33. The molecule has 0 aliphatic heterocycles. The van der Waals surface area contributed by atoms with Crippen molar-refractivity contribution in [3.8, 4) is 10.4 Å². The lowest BCUT2D eigenvalue weighted by Gasteiger charge is -2.12. The van der Waals surface area contributed by atoms with Gasteiger partial charge in [0, 0.05) is 17.8 Å². The van der Waals surface area contributed by atoms with Crippen LogP contribution in [0, 0.1) is 12.7 Å². The molecule has 0 spiro atoms. The van der Waals surface area contributed by atoms with E-state index in [-0.39, 0.29) is 10.9 Å². The molecule has 1 fully saturated rings. The Labute approximate surface area is 169 Å². The van der Waals surface area contributed by atoms with E-state index in [0.717, 1.165) is 48.4 Å². The van der Waals surface area contributed by atoms with Crippen LogP contribution in [0.25, 0.3) is 10.4 Å². The summed E-state index contributed by atoms with van der Waals surface area (Å²) in [7, 11) is 0. The van der Waals surface area contributed by atoms with Crippen LogP contribution in [-0.2, 0) is 0 Å². The maximum atomic E-state index is 13.9. The highest BCUT2D eigenvalue weighted by Crippen LogP contribution is 2.41. The molecule has 0 radical (unpaired) electrons. The van der Waals surface area contributed by atoms with Gasteiger partial charge in [-0.3, -0.25) is 0 Å². The first-order valence-electron chi connectivity index (χ1n) is 9.14. The Kier molecular flexibility index (Phi) is 5.02. The van der Waals surface area contributed by atoms with Gasteiger partial charge in [0.25, 0.3) is 0 Å². The molecule has 2 heterocycles. The molecule has 1 aliphatic rings. The Morgan fingerprint density at radius 2 is 1.90 bits per heavy atom. The van der Waals surface area contributed by atoms with Gasteiger partial charge >= 0.3 is 6.18 Å². The van der Waals surface area contributed by atoms with E-state index in [4.69, 9.17) is 0 Å². The fourth-order valence-electron chi connectivity index (χ4n) is 2.97. The molecule has 1 N–H and O–H groups in total. The molecule has 9 heteroatoms. The molecule has 152 valence electrons. The summed E-state index contributed by atoms with van der Waals surface area (Å²) in [6.07, 6.45) is 0.139. The SMILES string of the molecule is Cc1cc(Nc2ncc(F)c(C3CC3)n2)cc(-c2cnc(C(C)C(F)(F)F)s2)c1. The van der Waals surface area contributed by atoms with Crippen LogP contribution >= 0.6 is 11.3 Å². The zero-order chi connectivity index (χ0) is 20.8. The number of halogens is 4. The van der Waals surface area contributed by atoms with E-state index in [2.05, 4.69) is 20.3 Å². The number of hydrogen-bond donors (Lipinski definition) is 1. The Bertz CT molecular complexity index is 1040. The number of rotatable bonds is 5. The third-order valence-electron chi connectivity index (χ3n) is 4.74. The van der Waals surface area contributed by atoms with Gasteiger partial charge in [-0.05, 0) is 49.9 Å². The monoisotopic (exact) mass is 422 g/mol. The van der Waals surface area contributed by atoms with Crippen LogP contribution in [0.2, 0.25) is 0 Å². The molecule has 1 saturated carbocycles. The van der Waals surface area contributed by atoms with Crippen molar-refractivity contribution in [1.29, 1.82) is 0 Å². The molecule has 29 heavy (non-hydrogen) atoms. The number of alkyl halides is 3. The Balaban J connectivity index is 1.60. The van der Waals surface area contributed by atoms with E-state index in [1.807, 2.05) is 19.1 Å². The zero-order valence-corrected chi connectivity index (χ0v) is 16.5. The van der Waals surface area contributed by atoms with Gasteiger partial charge in [0.05, 0.1) is 16.8 Å². The van der Waals surface area contributed by atoms with E-state index < -0.39 is 17.9 Å². The summed E-state index contributed by atoms with van der Waals surface area (Å²) in [5.41, 5.74) is 2.75. The lowest BCUT2D eigenvalue weighted by molar-refractivity contribution is -0.146. The standard InChI is InChI=1S/C20H18F4N4S/c1-10-5-13(16-9-25-18(29-16)11(2)20(22,23)24)7-14(6-10)27-19-26-8-15(21)17(28-19)12-3-4-12/h5-9,11-12H,3-4H2,1-2H3,(H,26,27,28). The molecule has 2 aromatic heterocycles. The zero-order valence-electron chi connectivity index (χ0n) is 15.7. The van der Waals surface area contributed by atoms with Crippen molar-refractivity contribution >= 4 is 23.0 Å². The van der Waals surface area contributed by atoms with E-state index in [0.29, 0.717) is 22.2 Å². The number of anilines is 2. The average molecular weight is 422 g/mol. The van der Waals surface area contributed by atoms with Gasteiger partial charge in [-0.2, -0.15) is 13.2 Å². The predicted molar refractivity (Wildman–Crippen MR) is 104 cm³/mol. The second-order valence-corrected chi connectivity index (χ2v) is 8.30. The van der Waals surface area contributed by atoms with Gasteiger partial charge in [0.2, 0.25) is 5.95 Å². The van der Waals surface area contributed by atoms with Crippen molar-refractivity contribution in [1.82, 2.24) is 15.0 Å². The highest BCUT2D eigenvalue weighted by atomic mass is 32.1. The molecular weight excluding hydrogens is 404 g/mol. The third-order valence-corrected chi connectivity index (χ3v) is 5.97. The van der Waals surface area contributed by atoms with Crippen LogP contribution in [0.5, 0.6) is 0 Å². The molecule has 4 nitrogen and oxygen atoms in total. The third kappa shape index (κ3) is 4.39. The highest BCUT2D eigenvalue weighted by molar-refractivity contribution is 7.15. The lowest BCUT2D eigenvalue weighted by atomic mass is 10.1. The fourth-order valence-corrected chi connectivity index (χ4v) is 3.95. The topological polar surface area (TPSA) is 50.7 Å². The summed E-state index contributed by atoms with van der Waals surface area (Å²) in [6, 6.07) is 5.54. The summed E-state index contributed by atoms with van der Waals surface area (Å²) < 4.78 is 52.7. The molecule has 1 unspecified atom stereocenters. The molecule has 1 aliphatic carbocycles. The van der Waals surface area contributed by atoms with Gasteiger partial charge in [0.1, 0.15) is 10.9 Å². The van der Waals surface area contributed by atoms with E-state index in [9.17, 15) is 17.6 Å². The number of nitrogens with zero attached hydrogens (tertiary/aromatic N) is 3. The van der Waals surface area contributed by atoms with Gasteiger partial charge < -0.3 is 5.32 Å². The van der Waals surface area contributed by atoms with Crippen LogP contribution < -0.4 is 5.32 Å². The summed E-state index contributed by atoms with van der Waals surface area (Å²) >= 11 is 1.02. The van der Waals surface area contributed by atoms with Crippen LogP contribution in [0.3, 0.4) is 0 Å². The summed E-state index contributed by atoms with van der Waals surface area (Å²) in [4.78, 5) is 12.9. The van der Waals surface area contributed by atoms with Gasteiger partial charge in [-0.1, -0.05) is 6.07 Å². The number of hydrogen-bond acceptors (Lipinski definition) is 5. The molecule has 4 rings (SSSR count). The van der Waals surface area contributed by atoms with Gasteiger partial charge in [-0.15, -0.1) is 11.3 Å². The minimum absolute atomic E-state index is 0.0273. The maximum absolute atomic E-state index is 13.9. The molecule has 0 bridgehead atoms. The quantitative estimate of drug-likeness (QED) is 0.488. The van der Waals surface area contributed by atoms with Crippen molar-refractivity contribution in [3.05, 3.63) is 52.7 Å². The molecular formula is C20H18F4N4S. The first kappa shape index (κ1) is 19.8. The minimum Gasteiger partial charge on any atom is -0.324 e. The first-order valence-corrected chi connectivity index (χ1v) is 9.96. The van der Waals surface area contributed by atoms with Crippen molar-refractivity contribution < 1.29 is 17.6 Å². The fraction of sp³-hybridized carbons (Fsp3) is 0.350. The maximum Gasteiger partial charge on any atom is 0.397 e. The molecule has 0 amide bonds. The highest BCUT2D eigenvalue weighted by Gasteiger charge is 2.39. The largest absolute Gasteiger partial charge is 0.397 e. The summed E-state index contributed by atoms with van der Waals surface area (Å²) in [6.45, 7) is 2.99. The number of aromatic nitrogens is 3. The average Bonchev–Trinajstić information content (AvgIpc) is 3.37. The van der Waals surface area contributed by atoms with Crippen molar-refractivity contribution in [2.75, 3.05) is 5.32 Å². The normalized spacial score (nSPS) is 15.4. The smallest absolute Gasteiger partial charge is 0.324 e. The van der Waals surface area contributed by atoms with Crippen molar-refractivity contribution in [3.63, 3.8) is 0 Å². The van der Waals surface area contributed by atoms with Crippen LogP contribution in [0.4, 0.5) is 29.2 Å². The number of aryl methyl sites for hydroxylation is 1. The van der Waals surface area contributed by atoms with Gasteiger partial charge in [-0.25, -0.2) is 19.3 Å². The number of benzene rings is 1. The molecule has 0 saturated heterocycles. The summed E-state index contributed by atoms with van der Waals surface area (Å²) in [5.74, 6) is -1.57. The Morgan fingerprint density at radius 1 is 1.14 bits per heavy atom. The minimum atomic E-state index is -4.33. The molecule has 1 aromatic carbocycles. The second-order valence-electron chi connectivity index (χ2n) is 7.24. The number of nitrogens with one attached hydrogen (secondary N) is 1. The lowest BCUT2D eigenvalue weighted by Crippen LogP contribution is -2.17. The van der Waals surface area contributed by atoms with E-state index in [1.165, 1.54) is 6.20 Å². The van der Waals surface area contributed by atoms with E-state index >= 15 is 0 Å². The van der Waals surface area contributed by atoms with Crippen molar-refractivity contribution in [2.24, 2.45) is 0 Å².